The fourth-order valence-electron chi connectivity index (χ4n) is 3.66. The van der Waals surface area contributed by atoms with E-state index < -0.39 is 0 Å². The van der Waals surface area contributed by atoms with Crippen LogP contribution in [0.15, 0.2) is 42.5 Å². The second-order valence-electron chi connectivity index (χ2n) is 7.50. The largest absolute Gasteiger partial charge is 0.497 e. The highest BCUT2D eigenvalue weighted by atomic mass is 16.5. The summed E-state index contributed by atoms with van der Waals surface area (Å²) in [5.74, 6) is 0.756. The van der Waals surface area contributed by atoms with Gasteiger partial charge in [-0.15, -0.1) is 0 Å². The van der Waals surface area contributed by atoms with Crippen molar-refractivity contribution in [3.63, 3.8) is 0 Å². The molecule has 148 valence electrons. The SMILES string of the molecule is COc1ccc(NC(=O)C2CCC(C(=O)Nc3cccc(C)c3C)CC2)cc1. The van der Waals surface area contributed by atoms with Crippen molar-refractivity contribution in [1.82, 2.24) is 0 Å². The van der Waals surface area contributed by atoms with Crippen LogP contribution in [0.1, 0.15) is 36.8 Å². The molecule has 0 spiro atoms. The van der Waals surface area contributed by atoms with Crippen LogP contribution in [0.4, 0.5) is 11.4 Å². The Labute approximate surface area is 166 Å². The molecule has 1 aliphatic carbocycles. The van der Waals surface area contributed by atoms with Crippen molar-refractivity contribution in [2.24, 2.45) is 11.8 Å². The van der Waals surface area contributed by atoms with Crippen LogP contribution in [0.3, 0.4) is 0 Å². The molecule has 5 heteroatoms. The molecule has 1 fully saturated rings. The first-order chi connectivity index (χ1) is 13.5. The number of hydrogen-bond donors (Lipinski definition) is 2. The smallest absolute Gasteiger partial charge is 0.227 e. The number of carbonyl (C=O) groups excluding carboxylic acids is 2. The Balaban J connectivity index is 1.51. The quantitative estimate of drug-likeness (QED) is 0.790. The van der Waals surface area contributed by atoms with Gasteiger partial charge < -0.3 is 15.4 Å². The Bertz CT molecular complexity index is 837. The first-order valence-corrected chi connectivity index (χ1v) is 9.80. The van der Waals surface area contributed by atoms with Gasteiger partial charge in [0, 0.05) is 23.2 Å². The minimum Gasteiger partial charge on any atom is -0.497 e. The molecule has 2 aromatic rings. The number of hydrogen-bond acceptors (Lipinski definition) is 3. The second-order valence-corrected chi connectivity index (χ2v) is 7.50. The molecule has 0 unspecified atom stereocenters. The highest BCUT2D eigenvalue weighted by Crippen LogP contribution is 2.31. The highest BCUT2D eigenvalue weighted by Gasteiger charge is 2.30. The summed E-state index contributed by atoms with van der Waals surface area (Å²) in [5.41, 5.74) is 3.91. The van der Waals surface area contributed by atoms with Crippen LogP contribution in [-0.2, 0) is 9.59 Å². The highest BCUT2D eigenvalue weighted by molar-refractivity contribution is 5.95. The first kappa shape index (κ1) is 19.9. The van der Waals surface area contributed by atoms with E-state index in [9.17, 15) is 9.59 Å². The van der Waals surface area contributed by atoms with Gasteiger partial charge in [-0.2, -0.15) is 0 Å². The number of carbonyl (C=O) groups is 2. The number of nitrogens with one attached hydrogen (secondary N) is 2. The fraction of sp³-hybridized carbons (Fsp3) is 0.391. The predicted octanol–water partition coefficient (Wildman–Crippen LogP) is 4.70. The molecule has 0 atom stereocenters. The third-order valence-corrected chi connectivity index (χ3v) is 5.69. The molecule has 0 heterocycles. The van der Waals surface area contributed by atoms with Gasteiger partial charge in [0.25, 0.3) is 0 Å². The summed E-state index contributed by atoms with van der Waals surface area (Å²) >= 11 is 0. The van der Waals surface area contributed by atoms with Crippen LogP contribution < -0.4 is 15.4 Å². The number of benzene rings is 2. The maximum absolute atomic E-state index is 12.6. The molecule has 1 saturated carbocycles. The first-order valence-electron chi connectivity index (χ1n) is 9.80. The van der Waals surface area contributed by atoms with E-state index in [1.165, 1.54) is 0 Å². The van der Waals surface area contributed by atoms with E-state index in [4.69, 9.17) is 4.74 Å². The van der Waals surface area contributed by atoms with E-state index >= 15 is 0 Å². The van der Waals surface area contributed by atoms with E-state index in [1.54, 1.807) is 7.11 Å². The molecule has 28 heavy (non-hydrogen) atoms. The minimum atomic E-state index is -0.0492. The molecule has 0 aromatic heterocycles. The molecule has 1 aliphatic rings. The molecular formula is C23H28N2O3. The second kappa shape index (κ2) is 8.91. The van der Waals surface area contributed by atoms with Gasteiger partial charge in [-0.05, 0) is 81.0 Å². The lowest BCUT2D eigenvalue weighted by atomic mass is 9.81. The zero-order chi connectivity index (χ0) is 20.1. The number of amides is 2. The van der Waals surface area contributed by atoms with Crippen molar-refractivity contribution in [2.45, 2.75) is 39.5 Å². The Kier molecular flexibility index (Phi) is 6.34. The average molecular weight is 380 g/mol. The van der Waals surface area contributed by atoms with E-state index in [0.717, 1.165) is 53.9 Å². The lowest BCUT2D eigenvalue weighted by molar-refractivity contribution is -0.125. The van der Waals surface area contributed by atoms with Gasteiger partial charge in [-0.3, -0.25) is 9.59 Å². The van der Waals surface area contributed by atoms with Crippen LogP contribution in [-0.4, -0.2) is 18.9 Å². The van der Waals surface area contributed by atoms with Gasteiger partial charge in [0.15, 0.2) is 0 Å². The summed E-state index contributed by atoms with van der Waals surface area (Å²) in [6.07, 6.45) is 2.93. The van der Waals surface area contributed by atoms with Crippen molar-refractivity contribution < 1.29 is 14.3 Å². The monoisotopic (exact) mass is 380 g/mol. The summed E-state index contributed by atoms with van der Waals surface area (Å²) < 4.78 is 5.13. The number of anilines is 2. The van der Waals surface area contributed by atoms with Crippen LogP contribution in [0.5, 0.6) is 5.75 Å². The van der Waals surface area contributed by atoms with Crippen molar-refractivity contribution in [2.75, 3.05) is 17.7 Å². The van der Waals surface area contributed by atoms with Crippen LogP contribution in [0.2, 0.25) is 0 Å². The maximum Gasteiger partial charge on any atom is 0.227 e. The van der Waals surface area contributed by atoms with Gasteiger partial charge in [0.2, 0.25) is 11.8 Å². The molecule has 5 nitrogen and oxygen atoms in total. The summed E-state index contributed by atoms with van der Waals surface area (Å²) in [7, 11) is 1.61. The molecule has 0 saturated heterocycles. The van der Waals surface area contributed by atoms with Crippen molar-refractivity contribution >= 4 is 23.2 Å². The van der Waals surface area contributed by atoms with Crippen LogP contribution in [0.25, 0.3) is 0 Å². The number of methoxy groups -OCH3 is 1. The van der Waals surface area contributed by atoms with Crippen LogP contribution >= 0.6 is 0 Å². The zero-order valence-corrected chi connectivity index (χ0v) is 16.7. The summed E-state index contributed by atoms with van der Waals surface area (Å²) in [5, 5.41) is 6.03. The maximum atomic E-state index is 12.6. The number of ether oxygens (including phenoxy) is 1. The van der Waals surface area contributed by atoms with Crippen molar-refractivity contribution in [3.05, 3.63) is 53.6 Å². The van der Waals surface area contributed by atoms with Crippen LogP contribution in [0, 0.1) is 25.7 Å². The minimum absolute atomic E-state index is 0.0264. The van der Waals surface area contributed by atoms with Gasteiger partial charge in [0.1, 0.15) is 5.75 Å². The summed E-state index contributed by atoms with van der Waals surface area (Å²) in [6.45, 7) is 4.06. The standard InChI is InChI=1S/C23H28N2O3/c1-15-5-4-6-21(16(15)2)25-23(27)18-9-7-17(8-10-18)22(26)24-19-11-13-20(28-3)14-12-19/h4-6,11-14,17-18H,7-10H2,1-3H3,(H,24,26)(H,25,27). The topological polar surface area (TPSA) is 67.4 Å². The summed E-state index contributed by atoms with van der Waals surface area (Å²) in [4.78, 5) is 25.2. The molecule has 0 aliphatic heterocycles. The van der Waals surface area contributed by atoms with E-state index in [0.29, 0.717) is 0 Å². The third kappa shape index (κ3) is 4.71. The van der Waals surface area contributed by atoms with Crippen molar-refractivity contribution in [3.8, 4) is 5.75 Å². The Morgan fingerprint density at radius 3 is 2.00 bits per heavy atom. The molecule has 2 N–H and O–H groups in total. The lowest BCUT2D eigenvalue weighted by Crippen LogP contribution is -2.32. The average Bonchev–Trinajstić information content (AvgIpc) is 2.72. The number of rotatable bonds is 5. The molecule has 2 aromatic carbocycles. The Morgan fingerprint density at radius 1 is 0.857 bits per heavy atom. The normalized spacial score (nSPS) is 19.0. The van der Waals surface area contributed by atoms with Gasteiger partial charge in [-0.1, -0.05) is 12.1 Å². The molecule has 2 amide bonds. The van der Waals surface area contributed by atoms with Crippen molar-refractivity contribution in [1.29, 1.82) is 0 Å². The lowest BCUT2D eigenvalue weighted by Gasteiger charge is -2.27. The Morgan fingerprint density at radius 2 is 1.43 bits per heavy atom. The fourth-order valence-corrected chi connectivity index (χ4v) is 3.66. The number of aryl methyl sites for hydroxylation is 1. The van der Waals surface area contributed by atoms with E-state index in [-0.39, 0.29) is 23.7 Å². The Hall–Kier alpha value is -2.82. The predicted molar refractivity (Wildman–Crippen MR) is 112 cm³/mol. The molecular weight excluding hydrogens is 352 g/mol. The van der Waals surface area contributed by atoms with E-state index in [2.05, 4.69) is 10.6 Å². The van der Waals surface area contributed by atoms with Gasteiger partial charge >= 0.3 is 0 Å². The molecule has 3 rings (SSSR count). The van der Waals surface area contributed by atoms with Gasteiger partial charge in [0.05, 0.1) is 7.11 Å². The summed E-state index contributed by atoms with van der Waals surface area (Å²) in [6, 6.07) is 13.2. The third-order valence-electron chi connectivity index (χ3n) is 5.69. The zero-order valence-electron chi connectivity index (χ0n) is 16.7. The molecule has 0 bridgehead atoms. The van der Waals surface area contributed by atoms with Gasteiger partial charge in [-0.25, -0.2) is 0 Å². The van der Waals surface area contributed by atoms with E-state index in [1.807, 2.05) is 56.3 Å². The molecule has 0 radical (unpaired) electrons.